The van der Waals surface area contributed by atoms with Crippen molar-refractivity contribution >= 4 is 16.9 Å². The van der Waals surface area contributed by atoms with Crippen LogP contribution in [0.25, 0.3) is 33.4 Å². The molecule has 0 saturated heterocycles. The van der Waals surface area contributed by atoms with Gasteiger partial charge in [0.1, 0.15) is 11.3 Å². The van der Waals surface area contributed by atoms with Crippen LogP contribution < -0.4 is 10.7 Å². The number of fused-ring (bicyclic) bond motifs is 1. The molecule has 1 heterocycles. The summed E-state index contributed by atoms with van der Waals surface area (Å²) < 4.78 is 47.3. The third-order valence-electron chi connectivity index (χ3n) is 5.33. The van der Waals surface area contributed by atoms with Crippen LogP contribution in [-0.2, 0) is 17.5 Å². The van der Waals surface area contributed by atoms with E-state index in [9.17, 15) is 22.8 Å². The van der Waals surface area contributed by atoms with Crippen LogP contribution in [0.3, 0.4) is 0 Å². The van der Waals surface area contributed by atoms with E-state index < -0.39 is 17.7 Å². The number of hydrogen-bond donors (Lipinski definition) is 2. The zero-order valence-electron chi connectivity index (χ0n) is 21.9. The Bertz CT molecular complexity index is 1400. The van der Waals surface area contributed by atoms with E-state index in [1.807, 2.05) is 27.7 Å². The standard InChI is InChI=1S/C26H20F3NO4.2C2H6/c27-26(28,29)21-13-18(7-8-19(21)17-4-2-1-3-5-17)24-14-22(31)20-12-16(6-9-23(20)34-24)15-30-11-10-25(32)33;2*1-2/h1-9,12-14,30H,10-11,15H2,(H,32,33);2*1-2H3. The van der Waals surface area contributed by atoms with Gasteiger partial charge in [-0.15, -0.1) is 0 Å². The summed E-state index contributed by atoms with van der Waals surface area (Å²) in [5, 5.41) is 12.0. The minimum atomic E-state index is -4.60. The van der Waals surface area contributed by atoms with Crippen LogP contribution in [-0.4, -0.2) is 17.6 Å². The lowest BCUT2D eigenvalue weighted by Gasteiger charge is -2.15. The van der Waals surface area contributed by atoms with E-state index in [0.717, 1.165) is 11.6 Å². The highest BCUT2D eigenvalue weighted by atomic mass is 19.4. The van der Waals surface area contributed by atoms with Gasteiger partial charge in [0, 0.05) is 24.7 Å². The van der Waals surface area contributed by atoms with E-state index in [-0.39, 0.29) is 40.9 Å². The topological polar surface area (TPSA) is 79.5 Å². The zero-order chi connectivity index (χ0) is 28.3. The largest absolute Gasteiger partial charge is 0.481 e. The third kappa shape index (κ3) is 7.79. The summed E-state index contributed by atoms with van der Waals surface area (Å²) >= 11 is 0. The molecule has 1 aromatic heterocycles. The van der Waals surface area contributed by atoms with Gasteiger partial charge in [-0.3, -0.25) is 9.59 Å². The smallest absolute Gasteiger partial charge is 0.417 e. The number of aliphatic carboxylic acids is 1. The second-order valence-corrected chi connectivity index (χ2v) is 7.75. The van der Waals surface area contributed by atoms with Crippen LogP contribution in [0.5, 0.6) is 0 Å². The van der Waals surface area contributed by atoms with E-state index in [4.69, 9.17) is 9.52 Å². The maximum absolute atomic E-state index is 13.8. The molecule has 0 amide bonds. The van der Waals surface area contributed by atoms with Gasteiger partial charge in [0.15, 0.2) is 5.43 Å². The number of carbonyl (C=O) groups is 1. The molecule has 0 saturated carbocycles. The van der Waals surface area contributed by atoms with Gasteiger partial charge >= 0.3 is 12.1 Å². The molecule has 0 aliphatic carbocycles. The Kier molecular flexibility index (Phi) is 11.3. The monoisotopic (exact) mass is 527 g/mol. The van der Waals surface area contributed by atoms with E-state index >= 15 is 0 Å². The lowest BCUT2D eigenvalue weighted by molar-refractivity contribution is -0.137. The van der Waals surface area contributed by atoms with Crippen molar-refractivity contribution in [3.8, 4) is 22.5 Å². The Hall–Kier alpha value is -3.91. The average Bonchev–Trinajstić information content (AvgIpc) is 2.93. The molecule has 38 heavy (non-hydrogen) atoms. The van der Waals surface area contributed by atoms with E-state index in [2.05, 4.69) is 5.32 Å². The van der Waals surface area contributed by atoms with Gasteiger partial charge < -0.3 is 14.8 Å². The van der Waals surface area contributed by atoms with E-state index in [0.29, 0.717) is 17.5 Å². The van der Waals surface area contributed by atoms with Crippen molar-refractivity contribution in [2.24, 2.45) is 0 Å². The Morgan fingerprint density at radius 3 is 2.21 bits per heavy atom. The maximum atomic E-state index is 13.8. The molecular weight excluding hydrogens is 495 g/mol. The summed E-state index contributed by atoms with van der Waals surface area (Å²) in [6.07, 6.45) is -4.62. The predicted octanol–water partition coefficient (Wildman–Crippen LogP) is 7.76. The van der Waals surface area contributed by atoms with Crippen molar-refractivity contribution < 1.29 is 27.5 Å². The van der Waals surface area contributed by atoms with Crippen molar-refractivity contribution in [1.29, 1.82) is 0 Å². The van der Waals surface area contributed by atoms with Crippen LogP contribution in [0.15, 0.2) is 82.0 Å². The quantitative estimate of drug-likeness (QED) is 0.240. The summed E-state index contributed by atoms with van der Waals surface area (Å²) in [6.45, 7) is 8.64. The van der Waals surface area contributed by atoms with Gasteiger partial charge in [-0.2, -0.15) is 13.2 Å². The molecule has 2 N–H and O–H groups in total. The fourth-order valence-corrected chi connectivity index (χ4v) is 3.69. The Morgan fingerprint density at radius 2 is 1.58 bits per heavy atom. The Labute approximate surface area is 219 Å². The Morgan fingerprint density at radius 1 is 0.895 bits per heavy atom. The minimum absolute atomic E-state index is 0.0257. The van der Waals surface area contributed by atoms with E-state index in [1.54, 1.807) is 48.5 Å². The highest BCUT2D eigenvalue weighted by molar-refractivity contribution is 5.80. The second-order valence-electron chi connectivity index (χ2n) is 7.75. The summed E-state index contributed by atoms with van der Waals surface area (Å²) in [5.41, 5.74) is 0.421. The van der Waals surface area contributed by atoms with Crippen LogP contribution in [0.4, 0.5) is 13.2 Å². The predicted molar refractivity (Wildman–Crippen MR) is 145 cm³/mol. The second kappa shape index (κ2) is 14.1. The first kappa shape index (κ1) is 30.3. The molecule has 0 atom stereocenters. The molecule has 0 spiro atoms. The van der Waals surface area contributed by atoms with E-state index in [1.165, 1.54) is 18.2 Å². The molecular formula is C30H32F3NO4. The molecule has 4 aromatic rings. The first-order valence-electron chi connectivity index (χ1n) is 12.5. The van der Waals surface area contributed by atoms with Crippen molar-refractivity contribution in [2.75, 3.05) is 6.54 Å². The van der Waals surface area contributed by atoms with Crippen molar-refractivity contribution in [3.05, 3.63) is 94.1 Å². The molecule has 0 aliphatic rings. The van der Waals surface area contributed by atoms with Gasteiger partial charge in [0.25, 0.3) is 0 Å². The van der Waals surface area contributed by atoms with Gasteiger partial charge in [-0.1, -0.05) is 76.2 Å². The minimum Gasteiger partial charge on any atom is -0.481 e. The molecule has 5 nitrogen and oxygen atoms in total. The number of benzene rings is 3. The molecule has 0 radical (unpaired) electrons. The van der Waals surface area contributed by atoms with Gasteiger partial charge in [-0.25, -0.2) is 0 Å². The fraction of sp³-hybridized carbons (Fsp3) is 0.267. The average molecular weight is 528 g/mol. The maximum Gasteiger partial charge on any atom is 0.417 e. The number of alkyl halides is 3. The van der Waals surface area contributed by atoms with Crippen molar-refractivity contribution in [2.45, 2.75) is 46.8 Å². The van der Waals surface area contributed by atoms with Gasteiger partial charge in [-0.05, 0) is 34.9 Å². The fourth-order valence-electron chi connectivity index (χ4n) is 3.69. The number of carboxylic acid groups (broad SMARTS) is 1. The number of rotatable bonds is 7. The molecule has 3 aromatic carbocycles. The lowest BCUT2D eigenvalue weighted by Crippen LogP contribution is -2.17. The zero-order valence-corrected chi connectivity index (χ0v) is 21.9. The molecule has 8 heteroatoms. The summed E-state index contributed by atoms with van der Waals surface area (Å²) in [4.78, 5) is 23.3. The van der Waals surface area contributed by atoms with Crippen LogP contribution in [0.2, 0.25) is 0 Å². The summed E-state index contributed by atoms with van der Waals surface area (Å²) in [5.74, 6) is -0.875. The molecule has 4 rings (SSSR count). The number of halogens is 3. The van der Waals surface area contributed by atoms with Gasteiger partial charge in [0.2, 0.25) is 0 Å². The SMILES string of the molecule is CC.CC.O=C(O)CCNCc1ccc2oc(-c3ccc(-c4ccccc4)c(C(F)(F)F)c3)cc(=O)c2c1. The molecule has 0 aliphatic heterocycles. The van der Waals surface area contributed by atoms with Crippen molar-refractivity contribution in [3.63, 3.8) is 0 Å². The summed E-state index contributed by atoms with van der Waals surface area (Å²) in [6, 6.07) is 18.2. The molecule has 0 fully saturated rings. The first-order valence-corrected chi connectivity index (χ1v) is 12.5. The third-order valence-corrected chi connectivity index (χ3v) is 5.33. The lowest BCUT2D eigenvalue weighted by atomic mass is 9.96. The highest BCUT2D eigenvalue weighted by Crippen LogP contribution is 2.39. The van der Waals surface area contributed by atoms with Crippen LogP contribution in [0.1, 0.15) is 45.2 Å². The van der Waals surface area contributed by atoms with Gasteiger partial charge in [0.05, 0.1) is 17.4 Å². The summed E-state index contributed by atoms with van der Waals surface area (Å²) in [7, 11) is 0. The highest BCUT2D eigenvalue weighted by Gasteiger charge is 2.34. The normalized spacial score (nSPS) is 10.7. The molecule has 202 valence electrons. The molecule has 0 bridgehead atoms. The number of hydrogen-bond acceptors (Lipinski definition) is 4. The number of carboxylic acids is 1. The number of nitrogens with one attached hydrogen (secondary N) is 1. The van der Waals surface area contributed by atoms with Crippen LogP contribution in [0, 0.1) is 0 Å². The Balaban J connectivity index is 0.00000121. The van der Waals surface area contributed by atoms with Crippen LogP contribution >= 0.6 is 0 Å². The molecule has 0 unspecified atom stereocenters. The first-order chi connectivity index (χ1) is 18.2. The van der Waals surface area contributed by atoms with Crippen molar-refractivity contribution in [1.82, 2.24) is 5.32 Å².